The average molecular weight is 433 g/mol. The van der Waals surface area contributed by atoms with Gasteiger partial charge in [-0.3, -0.25) is 4.79 Å². The summed E-state index contributed by atoms with van der Waals surface area (Å²) in [6.45, 7) is 1.86. The first kappa shape index (κ1) is 18.6. The molecule has 0 saturated carbocycles. The van der Waals surface area contributed by atoms with Gasteiger partial charge < -0.3 is 17.6 Å². The van der Waals surface area contributed by atoms with Crippen molar-refractivity contribution in [2.75, 3.05) is 0 Å². The summed E-state index contributed by atoms with van der Waals surface area (Å²) >= 11 is 1.23. The lowest BCUT2D eigenvalue weighted by atomic mass is 9.87. The summed E-state index contributed by atoms with van der Waals surface area (Å²) in [6.07, 6.45) is 0. The van der Waals surface area contributed by atoms with Crippen LogP contribution in [0.25, 0.3) is 31.8 Å². The first-order valence-electron chi connectivity index (χ1n) is 10.1. The number of halogens is 2. The van der Waals surface area contributed by atoms with Crippen molar-refractivity contribution in [2.45, 2.75) is 26.2 Å². The second-order valence-electron chi connectivity index (χ2n) is 9.10. The van der Waals surface area contributed by atoms with E-state index in [1.165, 1.54) is 11.3 Å². The topological polar surface area (TPSA) is 38.2 Å². The molecule has 0 aliphatic carbocycles. The third kappa shape index (κ3) is 2.36. The number of nitrogens with zero attached hydrogens (tertiary/aromatic N) is 3. The molecule has 5 aromatic rings. The number of hydrogen-bond acceptors (Lipinski definition) is 3. The van der Waals surface area contributed by atoms with E-state index in [9.17, 15) is 4.79 Å². The van der Waals surface area contributed by atoms with E-state index in [0.717, 1.165) is 20.1 Å². The van der Waals surface area contributed by atoms with Gasteiger partial charge in [-0.05, 0) is 57.0 Å². The van der Waals surface area contributed by atoms with Crippen LogP contribution in [0.3, 0.4) is 0 Å². The van der Waals surface area contributed by atoms with Crippen LogP contribution in [0, 0.1) is 0 Å². The number of aromatic nitrogens is 2. The van der Waals surface area contributed by atoms with Crippen LogP contribution in [0.2, 0.25) is 0 Å². The van der Waals surface area contributed by atoms with Gasteiger partial charge in [-0.15, -0.1) is 0 Å². The van der Waals surface area contributed by atoms with Crippen LogP contribution < -0.4 is 15.5 Å². The van der Waals surface area contributed by atoms with Gasteiger partial charge in [-0.25, -0.2) is 0 Å². The molecule has 3 heterocycles. The number of pyridine rings is 1. The Morgan fingerprint density at radius 1 is 1.03 bits per heavy atom. The second kappa shape index (κ2) is 5.76. The fourth-order valence-electron chi connectivity index (χ4n) is 4.56. The van der Waals surface area contributed by atoms with E-state index in [0.29, 0.717) is 20.8 Å². The van der Waals surface area contributed by atoms with E-state index in [-0.39, 0.29) is 21.4 Å². The van der Waals surface area contributed by atoms with Crippen LogP contribution in [-0.2, 0) is 5.41 Å². The summed E-state index contributed by atoms with van der Waals surface area (Å²) in [6, 6.07) is 16.2. The van der Waals surface area contributed by atoms with Crippen molar-refractivity contribution in [1.29, 1.82) is 0 Å². The zero-order valence-corrected chi connectivity index (χ0v) is 18.0. The Hall–Kier alpha value is -3.13. The van der Waals surface area contributed by atoms with E-state index in [4.69, 9.17) is 0 Å². The van der Waals surface area contributed by atoms with Gasteiger partial charge in [0.2, 0.25) is 11.0 Å². The molecular weight excluding hydrogens is 415 g/mol. The molecule has 154 valence electrons. The van der Waals surface area contributed by atoms with E-state index in [1.807, 2.05) is 30.3 Å². The quantitative estimate of drug-likeness (QED) is 0.326. The monoisotopic (exact) mass is 433 g/mol. The molecular formula is C23H18BF2N3OS. The van der Waals surface area contributed by atoms with Crippen LogP contribution in [0.1, 0.15) is 26.3 Å². The van der Waals surface area contributed by atoms with Gasteiger partial charge in [0, 0.05) is 16.2 Å². The van der Waals surface area contributed by atoms with Crippen molar-refractivity contribution < 1.29 is 13.1 Å². The minimum atomic E-state index is -4.41. The maximum absolute atomic E-state index is 16.0. The average Bonchev–Trinajstić information content (AvgIpc) is 3.09. The predicted molar refractivity (Wildman–Crippen MR) is 122 cm³/mol. The van der Waals surface area contributed by atoms with Crippen LogP contribution in [0.4, 0.5) is 13.8 Å². The number of hydrogen-bond donors (Lipinski definition) is 0. The molecule has 6 rings (SSSR count). The smallest absolute Gasteiger partial charge is 0.414 e. The minimum Gasteiger partial charge on any atom is -0.414 e. The molecule has 0 unspecified atom stereocenters. The van der Waals surface area contributed by atoms with E-state index < -0.39 is 12.5 Å². The lowest BCUT2D eigenvalue weighted by molar-refractivity contribution is -0.524. The van der Waals surface area contributed by atoms with Crippen molar-refractivity contribution in [3.8, 4) is 0 Å². The Morgan fingerprint density at radius 2 is 1.74 bits per heavy atom. The first-order valence-corrected chi connectivity index (χ1v) is 10.9. The molecule has 2 aromatic heterocycles. The van der Waals surface area contributed by atoms with Crippen LogP contribution in [-0.4, -0.2) is 11.4 Å². The molecule has 0 radical (unpaired) electrons. The summed E-state index contributed by atoms with van der Waals surface area (Å²) in [5.41, 5.74) is 0.672. The van der Waals surface area contributed by atoms with E-state index in [1.54, 1.807) is 24.3 Å². The fraction of sp³-hybridized carbons (Fsp3) is 0.174. The summed E-state index contributed by atoms with van der Waals surface area (Å²) in [4.78, 5) is 17.9. The van der Waals surface area contributed by atoms with Gasteiger partial charge in [0.1, 0.15) is 5.52 Å². The third-order valence-electron chi connectivity index (χ3n) is 6.14. The van der Waals surface area contributed by atoms with Crippen molar-refractivity contribution >= 4 is 55.2 Å². The third-order valence-corrected chi connectivity index (χ3v) is 7.16. The van der Waals surface area contributed by atoms with E-state index >= 15 is 8.63 Å². The maximum Gasteiger partial charge on any atom is 0.645 e. The minimum absolute atomic E-state index is 0.0295. The molecule has 0 N–H and O–H groups in total. The van der Waals surface area contributed by atoms with Crippen molar-refractivity contribution in [3.63, 3.8) is 0 Å². The van der Waals surface area contributed by atoms with Gasteiger partial charge in [0.25, 0.3) is 0 Å². The highest BCUT2D eigenvalue weighted by molar-refractivity contribution is 7.21. The molecule has 0 spiro atoms. The standard InChI is InChI=1S/C23H18BF2N3OS/c1-23(2,3)14-10-11-17-18(12-14)31-22-27-20-15-8-4-6-13-7-5-9-16(19(13)15)21(30)29(20)24(25,26)28(17)22/h4-12H,1-3H3. The van der Waals surface area contributed by atoms with Crippen molar-refractivity contribution in [3.05, 3.63) is 76.0 Å². The Morgan fingerprint density at radius 3 is 2.45 bits per heavy atom. The molecule has 1 aliphatic heterocycles. The lowest BCUT2D eigenvalue weighted by Gasteiger charge is -2.27. The zero-order valence-electron chi connectivity index (χ0n) is 17.2. The number of thiazole rings is 1. The molecule has 4 nitrogen and oxygen atoms in total. The molecule has 0 atom stereocenters. The van der Waals surface area contributed by atoms with Crippen molar-refractivity contribution in [1.82, 2.24) is 4.48 Å². The largest absolute Gasteiger partial charge is 0.645 e. The van der Waals surface area contributed by atoms with Crippen LogP contribution in [0.5, 0.6) is 0 Å². The zero-order chi connectivity index (χ0) is 21.7. The van der Waals surface area contributed by atoms with Gasteiger partial charge in [-0.1, -0.05) is 51.1 Å². The summed E-state index contributed by atoms with van der Waals surface area (Å²) in [7, 11) is 0. The predicted octanol–water partition coefficient (Wildman–Crippen LogP) is 4.71. The molecule has 0 saturated heterocycles. The normalized spacial score (nSPS) is 15.3. The Kier molecular flexibility index (Phi) is 3.46. The molecule has 0 bridgehead atoms. The number of rotatable bonds is 0. The maximum atomic E-state index is 16.0. The fourth-order valence-corrected chi connectivity index (χ4v) is 5.67. The first-order chi connectivity index (χ1) is 14.7. The summed E-state index contributed by atoms with van der Waals surface area (Å²) in [5.74, 6) is 0. The molecule has 1 aliphatic rings. The van der Waals surface area contributed by atoms with Gasteiger partial charge in [0.15, 0.2) is 0 Å². The summed E-state index contributed by atoms with van der Waals surface area (Å²) in [5, 5.41) is 2.58. The Balaban J connectivity index is 1.79. The highest BCUT2D eigenvalue weighted by Crippen LogP contribution is 2.34. The van der Waals surface area contributed by atoms with E-state index in [2.05, 4.69) is 25.8 Å². The van der Waals surface area contributed by atoms with Gasteiger partial charge >= 0.3 is 12.1 Å². The Labute approximate surface area is 180 Å². The van der Waals surface area contributed by atoms with Gasteiger partial charge in [-0.2, -0.15) is 0 Å². The Bertz CT molecular complexity index is 1680. The van der Waals surface area contributed by atoms with Crippen LogP contribution >= 0.6 is 11.3 Å². The lowest BCUT2D eigenvalue weighted by Crippen LogP contribution is -2.71. The second-order valence-corrected chi connectivity index (χ2v) is 10.1. The highest BCUT2D eigenvalue weighted by Gasteiger charge is 2.47. The van der Waals surface area contributed by atoms with Crippen LogP contribution in [0.15, 0.2) is 64.4 Å². The molecule has 31 heavy (non-hydrogen) atoms. The summed E-state index contributed by atoms with van der Waals surface area (Å²) < 4.78 is 34.3. The van der Waals surface area contributed by atoms with Crippen molar-refractivity contribution in [2.24, 2.45) is 4.99 Å². The molecule has 8 heteroatoms. The molecule has 3 aromatic carbocycles. The SMILES string of the molecule is CC(C)(C)c1ccc2c(c1)sc1[n+]2[B-](F)(F)n2c(=O)c3cccc4cccc(c2=N1)c43. The number of benzene rings is 3. The molecule has 0 fully saturated rings. The molecule has 0 amide bonds. The van der Waals surface area contributed by atoms with Gasteiger partial charge in [0.05, 0.1) is 4.70 Å². The number of fused-ring (bicyclic) bond motifs is 5. The highest BCUT2D eigenvalue weighted by atomic mass is 32.1.